The van der Waals surface area contributed by atoms with E-state index in [1.807, 2.05) is 6.92 Å². The zero-order valence-corrected chi connectivity index (χ0v) is 6.92. The molecule has 0 aromatic rings. The summed E-state index contributed by atoms with van der Waals surface area (Å²) >= 11 is 0. The highest BCUT2D eigenvalue weighted by atomic mass is 16.1. The summed E-state index contributed by atoms with van der Waals surface area (Å²) < 4.78 is 0. The van der Waals surface area contributed by atoms with E-state index in [0.717, 1.165) is 25.5 Å². The van der Waals surface area contributed by atoms with Gasteiger partial charge in [-0.3, -0.25) is 0 Å². The number of aldehydes is 1. The molecule has 0 saturated carbocycles. The quantitative estimate of drug-likeness (QED) is 0.565. The van der Waals surface area contributed by atoms with Crippen molar-refractivity contribution in [1.82, 2.24) is 0 Å². The Hall–Kier alpha value is -0.850. The summed E-state index contributed by atoms with van der Waals surface area (Å²) in [6.07, 6.45) is 10.6. The first-order valence-corrected chi connectivity index (χ1v) is 4.13. The van der Waals surface area contributed by atoms with Gasteiger partial charge < -0.3 is 4.79 Å². The molecule has 0 spiro atoms. The maximum absolute atomic E-state index is 10.3. The summed E-state index contributed by atoms with van der Waals surface area (Å²) in [5.74, 6) is 0.188. The van der Waals surface area contributed by atoms with E-state index in [2.05, 4.69) is 18.2 Å². The van der Waals surface area contributed by atoms with Gasteiger partial charge in [-0.05, 0) is 19.3 Å². The molecule has 0 fully saturated rings. The van der Waals surface area contributed by atoms with Crippen molar-refractivity contribution in [3.63, 3.8) is 0 Å². The second-order valence-electron chi connectivity index (χ2n) is 3.11. The molecule has 1 atom stereocenters. The third kappa shape index (κ3) is 2.71. The Kier molecular flexibility index (Phi) is 3.09. The maximum atomic E-state index is 10.3. The molecule has 1 nitrogen and oxygen atoms in total. The monoisotopic (exact) mass is 150 g/mol. The summed E-state index contributed by atoms with van der Waals surface area (Å²) in [6, 6.07) is 0. The summed E-state index contributed by atoms with van der Waals surface area (Å²) in [5.41, 5.74) is 1.41. The normalized spacial score (nSPS) is 19.2. The van der Waals surface area contributed by atoms with Gasteiger partial charge in [0, 0.05) is 5.92 Å². The average Bonchev–Trinajstić information content (AvgIpc) is 2.06. The van der Waals surface area contributed by atoms with Gasteiger partial charge in [-0.1, -0.05) is 30.7 Å². The zero-order valence-electron chi connectivity index (χ0n) is 6.92. The van der Waals surface area contributed by atoms with Crippen molar-refractivity contribution in [3.05, 3.63) is 23.8 Å². The number of carbonyl (C=O) groups is 1. The molecule has 1 unspecified atom stereocenters. The molecule has 0 amide bonds. The standard InChI is InChI=1S/C10H14O/c1-9(8-11)7-10-5-3-2-4-6-10/h2-3,5,8-9H,4,6-7H2,1H3. The molecule has 0 bridgehead atoms. The molecule has 0 heterocycles. The van der Waals surface area contributed by atoms with Crippen molar-refractivity contribution in [2.75, 3.05) is 0 Å². The van der Waals surface area contributed by atoms with Crippen LogP contribution in [0.25, 0.3) is 0 Å². The third-order valence-corrected chi connectivity index (χ3v) is 1.92. The van der Waals surface area contributed by atoms with Crippen LogP contribution in [0.5, 0.6) is 0 Å². The minimum atomic E-state index is 0.188. The molecule has 0 radical (unpaired) electrons. The van der Waals surface area contributed by atoms with E-state index in [4.69, 9.17) is 0 Å². The van der Waals surface area contributed by atoms with E-state index >= 15 is 0 Å². The Labute approximate surface area is 67.8 Å². The number of rotatable bonds is 3. The fourth-order valence-corrected chi connectivity index (χ4v) is 1.28. The summed E-state index contributed by atoms with van der Waals surface area (Å²) in [4.78, 5) is 10.3. The van der Waals surface area contributed by atoms with E-state index in [0.29, 0.717) is 0 Å². The largest absolute Gasteiger partial charge is 0.303 e. The van der Waals surface area contributed by atoms with Crippen molar-refractivity contribution in [1.29, 1.82) is 0 Å². The van der Waals surface area contributed by atoms with Crippen LogP contribution in [0.4, 0.5) is 0 Å². The van der Waals surface area contributed by atoms with Crippen molar-refractivity contribution in [3.8, 4) is 0 Å². The van der Waals surface area contributed by atoms with Crippen molar-refractivity contribution >= 4 is 6.29 Å². The van der Waals surface area contributed by atoms with Gasteiger partial charge in [-0.2, -0.15) is 0 Å². The fraction of sp³-hybridized carbons (Fsp3) is 0.500. The smallest absolute Gasteiger partial charge is 0.123 e. The van der Waals surface area contributed by atoms with Crippen LogP contribution >= 0.6 is 0 Å². The number of hydrogen-bond donors (Lipinski definition) is 0. The molecule has 0 saturated heterocycles. The molecule has 60 valence electrons. The molecular formula is C10H14O. The first kappa shape index (κ1) is 8.25. The highest BCUT2D eigenvalue weighted by Gasteiger charge is 2.04. The molecule has 1 aliphatic carbocycles. The van der Waals surface area contributed by atoms with E-state index < -0.39 is 0 Å². The van der Waals surface area contributed by atoms with Gasteiger partial charge in [-0.15, -0.1) is 0 Å². The van der Waals surface area contributed by atoms with E-state index in [1.54, 1.807) is 0 Å². The molecule has 1 aliphatic rings. The average molecular weight is 150 g/mol. The summed E-state index contributed by atoms with van der Waals surface area (Å²) in [5, 5.41) is 0. The maximum Gasteiger partial charge on any atom is 0.123 e. The van der Waals surface area contributed by atoms with Crippen LogP contribution in [0.1, 0.15) is 26.2 Å². The van der Waals surface area contributed by atoms with Crippen LogP contribution in [-0.4, -0.2) is 6.29 Å². The third-order valence-electron chi connectivity index (χ3n) is 1.92. The second-order valence-corrected chi connectivity index (χ2v) is 3.11. The fourth-order valence-electron chi connectivity index (χ4n) is 1.28. The molecule has 0 aromatic carbocycles. The lowest BCUT2D eigenvalue weighted by Gasteiger charge is -2.09. The Balaban J connectivity index is 2.41. The topological polar surface area (TPSA) is 17.1 Å². The van der Waals surface area contributed by atoms with Crippen LogP contribution < -0.4 is 0 Å². The SMILES string of the molecule is CC(C=O)CC1=CC=CCC1. The van der Waals surface area contributed by atoms with Gasteiger partial charge in [0.15, 0.2) is 0 Å². The lowest BCUT2D eigenvalue weighted by molar-refractivity contribution is -0.110. The predicted octanol–water partition coefficient (Wildman–Crippen LogP) is 2.49. The van der Waals surface area contributed by atoms with Crippen molar-refractivity contribution in [2.45, 2.75) is 26.2 Å². The molecule has 1 heteroatoms. The minimum Gasteiger partial charge on any atom is -0.303 e. The van der Waals surface area contributed by atoms with Gasteiger partial charge >= 0.3 is 0 Å². The summed E-state index contributed by atoms with van der Waals surface area (Å²) in [7, 11) is 0. The van der Waals surface area contributed by atoms with Gasteiger partial charge in [0.1, 0.15) is 6.29 Å². The zero-order chi connectivity index (χ0) is 8.10. The van der Waals surface area contributed by atoms with Crippen LogP contribution in [-0.2, 0) is 4.79 Å². The Bertz CT molecular complexity index is 189. The number of allylic oxidation sites excluding steroid dienone is 4. The molecular weight excluding hydrogens is 136 g/mol. The number of hydrogen-bond acceptors (Lipinski definition) is 1. The van der Waals surface area contributed by atoms with E-state index in [9.17, 15) is 4.79 Å². The molecule has 0 aromatic heterocycles. The second kappa shape index (κ2) is 4.12. The van der Waals surface area contributed by atoms with Crippen LogP contribution in [0, 0.1) is 5.92 Å². The molecule has 0 N–H and O–H groups in total. The Morgan fingerprint density at radius 2 is 2.55 bits per heavy atom. The van der Waals surface area contributed by atoms with Crippen LogP contribution in [0.15, 0.2) is 23.8 Å². The number of carbonyl (C=O) groups excluding carboxylic acids is 1. The molecule has 1 rings (SSSR count). The van der Waals surface area contributed by atoms with Gasteiger partial charge in [0.2, 0.25) is 0 Å². The van der Waals surface area contributed by atoms with Crippen molar-refractivity contribution < 1.29 is 4.79 Å². The molecule has 11 heavy (non-hydrogen) atoms. The Morgan fingerprint density at radius 1 is 1.73 bits per heavy atom. The van der Waals surface area contributed by atoms with Crippen LogP contribution in [0.3, 0.4) is 0 Å². The Morgan fingerprint density at radius 3 is 3.09 bits per heavy atom. The lowest BCUT2D eigenvalue weighted by atomic mass is 9.96. The van der Waals surface area contributed by atoms with Gasteiger partial charge in [-0.25, -0.2) is 0 Å². The van der Waals surface area contributed by atoms with Gasteiger partial charge in [0.25, 0.3) is 0 Å². The first-order valence-electron chi connectivity index (χ1n) is 4.13. The summed E-state index contributed by atoms with van der Waals surface area (Å²) in [6.45, 7) is 1.96. The predicted molar refractivity (Wildman–Crippen MR) is 46.3 cm³/mol. The highest BCUT2D eigenvalue weighted by Crippen LogP contribution is 2.18. The lowest BCUT2D eigenvalue weighted by Crippen LogP contribution is -1.99. The van der Waals surface area contributed by atoms with Gasteiger partial charge in [0.05, 0.1) is 0 Å². The van der Waals surface area contributed by atoms with E-state index in [1.165, 1.54) is 5.57 Å². The van der Waals surface area contributed by atoms with Crippen LogP contribution in [0.2, 0.25) is 0 Å². The first-order chi connectivity index (χ1) is 5.33. The van der Waals surface area contributed by atoms with E-state index in [-0.39, 0.29) is 5.92 Å². The minimum absolute atomic E-state index is 0.188. The highest BCUT2D eigenvalue weighted by molar-refractivity contribution is 5.53. The molecule has 0 aliphatic heterocycles. The van der Waals surface area contributed by atoms with Crippen molar-refractivity contribution in [2.24, 2.45) is 5.92 Å².